The predicted octanol–water partition coefficient (Wildman–Crippen LogP) is 3.67. The molecule has 2 heterocycles. The van der Waals surface area contributed by atoms with E-state index in [4.69, 9.17) is 0 Å². The molecule has 0 saturated heterocycles. The number of carbonyl (C=O) groups is 1. The highest BCUT2D eigenvalue weighted by Gasteiger charge is 2.10. The Balaban J connectivity index is 1.68. The van der Waals surface area contributed by atoms with Crippen molar-refractivity contribution in [2.24, 2.45) is 0 Å². The minimum Gasteiger partial charge on any atom is -0.346 e. The van der Waals surface area contributed by atoms with Gasteiger partial charge in [0.05, 0.1) is 17.8 Å². The number of amides is 1. The van der Waals surface area contributed by atoms with Gasteiger partial charge in [0.1, 0.15) is 0 Å². The Morgan fingerprint density at radius 2 is 1.63 bits per heavy atom. The molecule has 27 heavy (non-hydrogen) atoms. The second-order valence-electron chi connectivity index (χ2n) is 6.08. The zero-order valence-corrected chi connectivity index (χ0v) is 15.6. The first-order valence-corrected chi connectivity index (χ1v) is 9.09. The van der Waals surface area contributed by atoms with E-state index in [1.807, 2.05) is 18.2 Å². The van der Waals surface area contributed by atoms with Crippen molar-refractivity contribution in [1.29, 1.82) is 0 Å². The van der Waals surface area contributed by atoms with Crippen LogP contribution in [-0.2, 0) is 19.4 Å². The molecule has 6 nitrogen and oxygen atoms in total. The summed E-state index contributed by atoms with van der Waals surface area (Å²) < 4.78 is 0. The van der Waals surface area contributed by atoms with E-state index in [1.165, 1.54) is 23.5 Å². The third-order valence-corrected chi connectivity index (χ3v) is 4.31. The molecule has 6 heteroatoms. The largest absolute Gasteiger partial charge is 0.346 e. The van der Waals surface area contributed by atoms with Crippen molar-refractivity contribution < 1.29 is 4.79 Å². The van der Waals surface area contributed by atoms with Crippen LogP contribution in [0.25, 0.3) is 0 Å². The van der Waals surface area contributed by atoms with Gasteiger partial charge in [0.15, 0.2) is 0 Å². The number of rotatable bonds is 7. The highest BCUT2D eigenvalue weighted by Crippen LogP contribution is 2.25. The van der Waals surface area contributed by atoms with Gasteiger partial charge in [-0.25, -0.2) is 9.97 Å². The fraction of sp³-hybridized carbons (Fsp3) is 0.238. The molecule has 2 N–H and O–H groups in total. The summed E-state index contributed by atoms with van der Waals surface area (Å²) in [5.41, 5.74) is 4.70. The molecule has 0 aliphatic rings. The number of carbonyl (C=O) groups excluding carboxylic acids is 1. The van der Waals surface area contributed by atoms with Gasteiger partial charge < -0.3 is 10.6 Å². The normalized spacial score (nSPS) is 10.4. The molecule has 1 amide bonds. The summed E-state index contributed by atoms with van der Waals surface area (Å²) in [5.74, 6) is 0.252. The van der Waals surface area contributed by atoms with Crippen LogP contribution in [0.4, 0.5) is 11.6 Å². The molecule has 0 aliphatic carbocycles. The van der Waals surface area contributed by atoms with Gasteiger partial charge in [0.2, 0.25) is 5.95 Å². The van der Waals surface area contributed by atoms with E-state index in [0.717, 1.165) is 24.2 Å². The number of nitrogens with one attached hydrogen (secondary N) is 2. The first-order valence-electron chi connectivity index (χ1n) is 9.09. The Morgan fingerprint density at radius 1 is 0.926 bits per heavy atom. The summed E-state index contributed by atoms with van der Waals surface area (Å²) >= 11 is 0. The maximum atomic E-state index is 12.2. The van der Waals surface area contributed by atoms with E-state index < -0.39 is 0 Å². The van der Waals surface area contributed by atoms with E-state index in [0.29, 0.717) is 18.1 Å². The van der Waals surface area contributed by atoms with Crippen molar-refractivity contribution in [3.8, 4) is 0 Å². The molecule has 138 valence electrons. The van der Waals surface area contributed by atoms with Crippen LogP contribution in [0, 0.1) is 0 Å². The number of para-hydroxylation sites is 1. The molecule has 0 unspecified atom stereocenters. The number of aryl methyl sites for hydroxylation is 2. The number of pyridine rings is 1. The van der Waals surface area contributed by atoms with Crippen LogP contribution in [0.3, 0.4) is 0 Å². The van der Waals surface area contributed by atoms with Crippen molar-refractivity contribution in [3.05, 3.63) is 77.4 Å². The van der Waals surface area contributed by atoms with Gasteiger partial charge in [-0.2, -0.15) is 0 Å². The first-order chi connectivity index (χ1) is 13.2. The second kappa shape index (κ2) is 8.89. The molecule has 1 aromatic carbocycles. The van der Waals surface area contributed by atoms with E-state index >= 15 is 0 Å². The zero-order valence-electron chi connectivity index (χ0n) is 15.6. The average molecular weight is 361 g/mol. The monoisotopic (exact) mass is 361 g/mol. The number of hydrogen-bond acceptors (Lipinski definition) is 5. The van der Waals surface area contributed by atoms with Crippen molar-refractivity contribution >= 4 is 17.5 Å². The van der Waals surface area contributed by atoms with Crippen molar-refractivity contribution in [3.63, 3.8) is 0 Å². The summed E-state index contributed by atoms with van der Waals surface area (Å²) in [6.07, 6.45) is 6.60. The quantitative estimate of drug-likeness (QED) is 0.671. The second-order valence-corrected chi connectivity index (χ2v) is 6.08. The molecule has 0 saturated carbocycles. The highest BCUT2D eigenvalue weighted by atomic mass is 16.1. The minimum atomic E-state index is -0.226. The van der Waals surface area contributed by atoms with Crippen LogP contribution in [-0.4, -0.2) is 20.9 Å². The summed E-state index contributed by atoms with van der Waals surface area (Å²) in [5, 5.41) is 6.12. The number of anilines is 2. The molecule has 0 spiro atoms. The van der Waals surface area contributed by atoms with Crippen LogP contribution in [0.2, 0.25) is 0 Å². The van der Waals surface area contributed by atoms with Crippen LogP contribution in [0.1, 0.15) is 41.0 Å². The van der Waals surface area contributed by atoms with Gasteiger partial charge in [0, 0.05) is 24.3 Å². The Kier molecular flexibility index (Phi) is 6.10. The van der Waals surface area contributed by atoms with Gasteiger partial charge in [-0.05, 0) is 36.1 Å². The highest BCUT2D eigenvalue weighted by molar-refractivity contribution is 5.93. The summed E-state index contributed by atoms with van der Waals surface area (Å²) in [6.45, 7) is 4.61. The lowest BCUT2D eigenvalue weighted by Gasteiger charge is -2.14. The molecular formula is C21H23N5O. The van der Waals surface area contributed by atoms with Crippen molar-refractivity contribution in [2.75, 3.05) is 5.32 Å². The molecule has 0 bridgehead atoms. The number of hydrogen-bond donors (Lipinski definition) is 2. The van der Waals surface area contributed by atoms with Crippen molar-refractivity contribution in [1.82, 2.24) is 20.3 Å². The zero-order chi connectivity index (χ0) is 19.1. The topological polar surface area (TPSA) is 79.8 Å². The molecule has 3 rings (SSSR count). The summed E-state index contributed by atoms with van der Waals surface area (Å²) in [7, 11) is 0. The molecule has 0 radical (unpaired) electrons. The summed E-state index contributed by atoms with van der Waals surface area (Å²) in [4.78, 5) is 25.0. The minimum absolute atomic E-state index is 0.226. The number of benzene rings is 1. The van der Waals surface area contributed by atoms with Crippen LogP contribution >= 0.6 is 0 Å². The maximum absolute atomic E-state index is 12.2. The Morgan fingerprint density at radius 3 is 2.22 bits per heavy atom. The fourth-order valence-electron chi connectivity index (χ4n) is 2.80. The lowest BCUT2D eigenvalue weighted by atomic mass is 10.0. The Hall–Kier alpha value is -3.28. The van der Waals surface area contributed by atoms with Crippen LogP contribution < -0.4 is 10.6 Å². The van der Waals surface area contributed by atoms with Gasteiger partial charge >= 0.3 is 0 Å². The lowest BCUT2D eigenvalue weighted by molar-refractivity contribution is 0.0949. The molecular weight excluding hydrogens is 338 g/mol. The van der Waals surface area contributed by atoms with E-state index in [-0.39, 0.29) is 5.91 Å². The molecule has 0 fully saturated rings. The third kappa shape index (κ3) is 4.67. The Bertz CT molecular complexity index is 872. The number of nitrogens with zero attached hydrogens (tertiary/aromatic N) is 3. The third-order valence-electron chi connectivity index (χ3n) is 4.31. The maximum Gasteiger partial charge on any atom is 0.254 e. The summed E-state index contributed by atoms with van der Waals surface area (Å²) in [6, 6.07) is 11.9. The molecule has 0 aliphatic heterocycles. The van der Waals surface area contributed by atoms with Gasteiger partial charge in [0.25, 0.3) is 5.91 Å². The molecule has 0 atom stereocenters. The first kappa shape index (κ1) is 18.5. The molecule has 3 aromatic rings. The van der Waals surface area contributed by atoms with E-state index in [9.17, 15) is 4.79 Å². The van der Waals surface area contributed by atoms with Crippen LogP contribution in [0.5, 0.6) is 0 Å². The predicted molar refractivity (Wildman–Crippen MR) is 106 cm³/mol. The fourth-order valence-corrected chi connectivity index (χ4v) is 2.80. The number of aromatic nitrogens is 3. The standard InChI is InChI=1S/C21H23N5O/c1-3-15-8-7-9-16(4-2)19(15)26-21-24-12-17(13-25-21)20(27)23-14-18-10-5-6-11-22-18/h5-13H,3-4,14H2,1-2H3,(H,23,27)(H,24,25,26). The smallest absolute Gasteiger partial charge is 0.254 e. The van der Waals surface area contributed by atoms with Crippen molar-refractivity contribution in [2.45, 2.75) is 33.2 Å². The molecule has 2 aromatic heterocycles. The average Bonchev–Trinajstić information content (AvgIpc) is 2.73. The van der Waals surface area contributed by atoms with Gasteiger partial charge in [-0.3, -0.25) is 9.78 Å². The van der Waals surface area contributed by atoms with Gasteiger partial charge in [-0.1, -0.05) is 38.1 Å². The SMILES string of the molecule is CCc1cccc(CC)c1Nc1ncc(C(=O)NCc2ccccn2)cn1. The Labute approximate surface area is 159 Å². The van der Waals surface area contributed by atoms with Gasteiger partial charge in [-0.15, -0.1) is 0 Å². The van der Waals surface area contributed by atoms with E-state index in [2.05, 4.69) is 57.6 Å². The van der Waals surface area contributed by atoms with E-state index in [1.54, 1.807) is 6.20 Å². The van der Waals surface area contributed by atoms with Crippen LogP contribution in [0.15, 0.2) is 55.0 Å². The lowest BCUT2D eigenvalue weighted by Crippen LogP contribution is -2.23.